The van der Waals surface area contributed by atoms with Crippen LogP contribution in [0.15, 0.2) is 22.9 Å². The van der Waals surface area contributed by atoms with Gasteiger partial charge in [-0.05, 0) is 19.1 Å². The minimum absolute atomic E-state index is 0.0811. The quantitative estimate of drug-likeness (QED) is 0.769. The molecule has 2 heterocycles. The van der Waals surface area contributed by atoms with E-state index in [1.807, 2.05) is 0 Å². The molecule has 0 radical (unpaired) electrons. The van der Waals surface area contributed by atoms with Crippen molar-refractivity contribution in [1.82, 2.24) is 15.5 Å². The summed E-state index contributed by atoms with van der Waals surface area (Å²) < 4.78 is 5.17. The molecule has 0 aromatic carbocycles. The Balaban J connectivity index is 2.37. The molecule has 0 saturated carbocycles. The van der Waals surface area contributed by atoms with E-state index in [1.165, 1.54) is 12.3 Å². The predicted molar refractivity (Wildman–Crippen MR) is 59.0 cm³/mol. The number of pyridine rings is 1. The van der Waals surface area contributed by atoms with E-state index in [2.05, 4.69) is 15.5 Å². The number of rotatable bonds is 4. The first-order chi connectivity index (χ1) is 8.22. The standard InChI is InChI=1S/C11H11N3O3/c1-7-9(5-12-6-15)11(17-14-7)10-3-2-8(16)4-13-10/h2-4,6,16H,5H2,1H3,(H,12,15). The van der Waals surface area contributed by atoms with Gasteiger partial charge in [-0.2, -0.15) is 0 Å². The van der Waals surface area contributed by atoms with Gasteiger partial charge in [0.2, 0.25) is 6.41 Å². The first-order valence-corrected chi connectivity index (χ1v) is 5.00. The van der Waals surface area contributed by atoms with E-state index in [0.717, 1.165) is 5.56 Å². The van der Waals surface area contributed by atoms with Crippen molar-refractivity contribution in [3.05, 3.63) is 29.6 Å². The molecule has 0 unspecified atom stereocenters. The molecule has 2 rings (SSSR count). The van der Waals surface area contributed by atoms with Crippen LogP contribution in [0.3, 0.4) is 0 Å². The maximum atomic E-state index is 10.3. The van der Waals surface area contributed by atoms with Crippen LogP contribution in [0.1, 0.15) is 11.3 Å². The number of aryl methyl sites for hydroxylation is 1. The van der Waals surface area contributed by atoms with Gasteiger partial charge in [0.15, 0.2) is 5.76 Å². The molecule has 0 aliphatic rings. The smallest absolute Gasteiger partial charge is 0.207 e. The van der Waals surface area contributed by atoms with Gasteiger partial charge in [-0.3, -0.25) is 4.79 Å². The van der Waals surface area contributed by atoms with Crippen molar-refractivity contribution in [3.8, 4) is 17.2 Å². The van der Waals surface area contributed by atoms with Crippen LogP contribution < -0.4 is 5.32 Å². The Kier molecular flexibility index (Phi) is 3.04. The molecule has 0 atom stereocenters. The molecule has 6 nitrogen and oxygen atoms in total. The van der Waals surface area contributed by atoms with Crippen LogP contribution in [0.5, 0.6) is 5.75 Å². The van der Waals surface area contributed by atoms with Crippen LogP contribution in [-0.4, -0.2) is 21.7 Å². The van der Waals surface area contributed by atoms with Crippen LogP contribution in [0.25, 0.3) is 11.5 Å². The highest BCUT2D eigenvalue weighted by atomic mass is 16.5. The Labute approximate surface area is 97.3 Å². The Hall–Kier alpha value is -2.37. The molecule has 2 aromatic rings. The number of carbonyl (C=O) groups is 1. The molecule has 2 N–H and O–H groups in total. The third-order valence-electron chi connectivity index (χ3n) is 2.33. The number of carbonyl (C=O) groups excluding carboxylic acids is 1. The number of aromatic hydroxyl groups is 1. The summed E-state index contributed by atoms with van der Waals surface area (Å²) in [5.41, 5.74) is 2.03. The van der Waals surface area contributed by atoms with Gasteiger partial charge in [0.25, 0.3) is 0 Å². The van der Waals surface area contributed by atoms with Crippen LogP contribution in [0.4, 0.5) is 0 Å². The summed E-state index contributed by atoms with van der Waals surface area (Å²) in [5, 5.41) is 15.5. The van der Waals surface area contributed by atoms with E-state index < -0.39 is 0 Å². The number of nitrogens with one attached hydrogen (secondary N) is 1. The highest BCUT2D eigenvalue weighted by Crippen LogP contribution is 2.25. The molecule has 0 aliphatic heterocycles. The average Bonchev–Trinajstić information content (AvgIpc) is 2.69. The Bertz CT molecular complexity index is 519. The normalized spacial score (nSPS) is 10.2. The fourth-order valence-corrected chi connectivity index (χ4v) is 1.46. The van der Waals surface area contributed by atoms with Gasteiger partial charge in [0.05, 0.1) is 11.9 Å². The van der Waals surface area contributed by atoms with Gasteiger partial charge in [-0.15, -0.1) is 0 Å². The number of aromatic nitrogens is 2. The SMILES string of the molecule is Cc1noc(-c2ccc(O)cn2)c1CNC=O. The van der Waals surface area contributed by atoms with Crippen LogP contribution in [0.2, 0.25) is 0 Å². The minimum atomic E-state index is 0.0811. The topological polar surface area (TPSA) is 88.2 Å². The van der Waals surface area contributed by atoms with Crippen molar-refractivity contribution in [1.29, 1.82) is 0 Å². The summed E-state index contributed by atoms with van der Waals surface area (Å²) in [6, 6.07) is 3.14. The molecular formula is C11H11N3O3. The van der Waals surface area contributed by atoms with Crippen LogP contribution in [-0.2, 0) is 11.3 Å². The Morgan fingerprint density at radius 2 is 2.35 bits per heavy atom. The second-order valence-corrected chi connectivity index (χ2v) is 3.48. The van der Waals surface area contributed by atoms with Crippen LogP contribution >= 0.6 is 0 Å². The minimum Gasteiger partial charge on any atom is -0.506 e. The molecule has 0 aliphatic carbocycles. The van der Waals surface area contributed by atoms with E-state index in [4.69, 9.17) is 9.63 Å². The lowest BCUT2D eigenvalue weighted by atomic mass is 10.1. The second-order valence-electron chi connectivity index (χ2n) is 3.48. The van der Waals surface area contributed by atoms with Gasteiger partial charge in [0.1, 0.15) is 11.4 Å². The van der Waals surface area contributed by atoms with Gasteiger partial charge in [-0.25, -0.2) is 4.98 Å². The zero-order chi connectivity index (χ0) is 12.3. The summed E-state index contributed by atoms with van der Waals surface area (Å²) in [6.07, 6.45) is 1.94. The number of nitrogens with zero attached hydrogens (tertiary/aromatic N) is 2. The van der Waals surface area contributed by atoms with Gasteiger partial charge < -0.3 is 14.9 Å². The summed E-state index contributed by atoms with van der Waals surface area (Å²) in [5.74, 6) is 0.578. The van der Waals surface area contributed by atoms with E-state index in [1.54, 1.807) is 13.0 Å². The lowest BCUT2D eigenvalue weighted by Gasteiger charge is -2.01. The van der Waals surface area contributed by atoms with Crippen molar-refractivity contribution < 1.29 is 14.4 Å². The maximum Gasteiger partial charge on any atom is 0.207 e. The summed E-state index contributed by atoms with van der Waals surface area (Å²) in [7, 11) is 0. The van der Waals surface area contributed by atoms with Crippen molar-refractivity contribution in [2.24, 2.45) is 0 Å². The van der Waals surface area contributed by atoms with Gasteiger partial charge in [-0.1, -0.05) is 5.16 Å². The molecule has 0 saturated heterocycles. The molecule has 0 fully saturated rings. The Morgan fingerprint density at radius 1 is 1.53 bits per heavy atom. The van der Waals surface area contributed by atoms with E-state index >= 15 is 0 Å². The zero-order valence-electron chi connectivity index (χ0n) is 9.17. The van der Waals surface area contributed by atoms with E-state index in [9.17, 15) is 4.79 Å². The average molecular weight is 233 g/mol. The van der Waals surface area contributed by atoms with E-state index in [-0.39, 0.29) is 5.75 Å². The van der Waals surface area contributed by atoms with Gasteiger partial charge >= 0.3 is 0 Å². The first kappa shape index (κ1) is 11.1. The molecule has 0 spiro atoms. The predicted octanol–water partition coefficient (Wildman–Crippen LogP) is 0.997. The summed E-state index contributed by atoms with van der Waals surface area (Å²) in [4.78, 5) is 14.3. The summed E-state index contributed by atoms with van der Waals surface area (Å²) in [6.45, 7) is 2.12. The van der Waals surface area contributed by atoms with E-state index in [0.29, 0.717) is 30.1 Å². The third-order valence-corrected chi connectivity index (χ3v) is 2.33. The molecule has 88 valence electrons. The first-order valence-electron chi connectivity index (χ1n) is 5.00. The molecule has 0 bridgehead atoms. The van der Waals surface area contributed by atoms with Gasteiger partial charge in [0, 0.05) is 12.1 Å². The highest BCUT2D eigenvalue weighted by molar-refractivity contribution is 5.59. The number of hydrogen-bond acceptors (Lipinski definition) is 5. The second kappa shape index (κ2) is 4.65. The van der Waals surface area contributed by atoms with Crippen molar-refractivity contribution in [2.75, 3.05) is 0 Å². The summed E-state index contributed by atoms with van der Waals surface area (Å²) >= 11 is 0. The molecule has 1 amide bonds. The number of amides is 1. The lowest BCUT2D eigenvalue weighted by molar-refractivity contribution is -0.109. The molecular weight excluding hydrogens is 222 g/mol. The highest BCUT2D eigenvalue weighted by Gasteiger charge is 2.15. The Morgan fingerprint density at radius 3 is 3.00 bits per heavy atom. The van der Waals surface area contributed by atoms with Crippen molar-refractivity contribution in [3.63, 3.8) is 0 Å². The monoisotopic (exact) mass is 233 g/mol. The fraction of sp³-hybridized carbons (Fsp3) is 0.182. The molecule has 2 aromatic heterocycles. The van der Waals surface area contributed by atoms with Crippen molar-refractivity contribution in [2.45, 2.75) is 13.5 Å². The maximum absolute atomic E-state index is 10.3. The lowest BCUT2D eigenvalue weighted by Crippen LogP contribution is -2.10. The van der Waals surface area contributed by atoms with Crippen molar-refractivity contribution >= 4 is 6.41 Å². The van der Waals surface area contributed by atoms with Crippen LogP contribution in [0, 0.1) is 6.92 Å². The zero-order valence-corrected chi connectivity index (χ0v) is 9.17. The fourth-order valence-electron chi connectivity index (χ4n) is 1.46. The largest absolute Gasteiger partial charge is 0.506 e. The molecule has 17 heavy (non-hydrogen) atoms. The number of hydrogen-bond donors (Lipinski definition) is 2. The third kappa shape index (κ3) is 2.25. The molecule has 6 heteroatoms.